The van der Waals surface area contributed by atoms with Crippen molar-refractivity contribution in [3.63, 3.8) is 0 Å². The number of likely N-dealkylation sites (tertiary alicyclic amines) is 1. The number of halogens is 6. The zero-order valence-corrected chi connectivity index (χ0v) is 30.8. The van der Waals surface area contributed by atoms with Gasteiger partial charge in [-0.05, 0) is 63.3 Å². The van der Waals surface area contributed by atoms with Crippen LogP contribution in [0.25, 0.3) is 32.1 Å². The van der Waals surface area contributed by atoms with Crippen LogP contribution in [-0.2, 0) is 15.7 Å². The molecule has 4 aliphatic rings. The molecule has 4 aromatic rings. The number of hydrogen-bond acceptors (Lipinski definition) is 10. The molecule has 0 unspecified atom stereocenters. The van der Waals surface area contributed by atoms with Gasteiger partial charge in [0.2, 0.25) is 5.91 Å². The van der Waals surface area contributed by atoms with Crippen LogP contribution in [0.1, 0.15) is 56.6 Å². The van der Waals surface area contributed by atoms with E-state index in [0.29, 0.717) is 63.3 Å². The third kappa shape index (κ3) is 6.49. The summed E-state index contributed by atoms with van der Waals surface area (Å²) in [6, 6.07) is 3.86. The number of amides is 1. The Kier molecular flexibility index (Phi) is 9.74. The highest BCUT2D eigenvalue weighted by Gasteiger charge is 2.49. The Morgan fingerprint density at radius 1 is 1.18 bits per heavy atom. The van der Waals surface area contributed by atoms with Crippen LogP contribution in [0.4, 0.5) is 37.2 Å². The maximum absolute atomic E-state index is 17.3. The summed E-state index contributed by atoms with van der Waals surface area (Å²) in [5.74, 6) is -2.40. The second-order valence-corrected chi connectivity index (χ2v) is 15.9. The zero-order chi connectivity index (χ0) is 38.8. The fourth-order valence-electron chi connectivity index (χ4n) is 9.10. The number of nitriles is 1. The van der Waals surface area contributed by atoms with E-state index in [1.807, 2.05) is 11.0 Å². The summed E-state index contributed by atoms with van der Waals surface area (Å²) >= 11 is 0.684. The second-order valence-electron chi connectivity index (χ2n) is 14.9. The Morgan fingerprint density at radius 3 is 2.69 bits per heavy atom. The molecule has 10 nitrogen and oxygen atoms in total. The van der Waals surface area contributed by atoms with Crippen LogP contribution >= 0.6 is 11.3 Å². The van der Waals surface area contributed by atoms with Gasteiger partial charge in [0.1, 0.15) is 41.0 Å². The number of carbonyl (C=O) groups excluding carboxylic acids is 1. The number of aromatic nitrogens is 2. The highest BCUT2D eigenvalue weighted by molar-refractivity contribution is 7.23. The summed E-state index contributed by atoms with van der Waals surface area (Å²) in [5.41, 5.74) is 1.94. The maximum atomic E-state index is 17.3. The molecule has 2 N–H and O–H groups in total. The van der Waals surface area contributed by atoms with E-state index in [1.54, 1.807) is 16.7 Å². The Bertz CT molecular complexity index is 2210. The molecule has 4 aliphatic heterocycles. The van der Waals surface area contributed by atoms with Crippen molar-refractivity contribution in [1.82, 2.24) is 19.8 Å². The molecule has 0 spiro atoms. The molecule has 2 aromatic carbocycles. The minimum atomic E-state index is -5.13. The number of nitrogens with zero attached hydrogens (tertiary/aromatic N) is 6. The Balaban J connectivity index is 1.28. The number of benzene rings is 2. The summed E-state index contributed by atoms with van der Waals surface area (Å²) in [5, 5.41) is 9.29. The molecule has 6 heterocycles. The molecule has 0 aliphatic carbocycles. The highest BCUT2D eigenvalue weighted by atomic mass is 32.1. The minimum absolute atomic E-state index is 0.00649. The van der Waals surface area contributed by atoms with Gasteiger partial charge in [-0.3, -0.25) is 9.69 Å². The van der Waals surface area contributed by atoms with Crippen LogP contribution in [0.3, 0.4) is 0 Å². The lowest BCUT2D eigenvalue weighted by atomic mass is 9.92. The van der Waals surface area contributed by atoms with Gasteiger partial charge in [-0.1, -0.05) is 6.07 Å². The number of anilines is 2. The first kappa shape index (κ1) is 37.5. The molecule has 292 valence electrons. The number of nitrogen functional groups attached to an aromatic ring is 1. The van der Waals surface area contributed by atoms with E-state index in [9.17, 15) is 14.4 Å². The van der Waals surface area contributed by atoms with Gasteiger partial charge >= 0.3 is 12.2 Å². The third-order valence-electron chi connectivity index (χ3n) is 11.7. The van der Waals surface area contributed by atoms with Crippen molar-refractivity contribution in [3.05, 3.63) is 41.0 Å². The molecule has 8 rings (SSSR count). The zero-order valence-electron chi connectivity index (χ0n) is 30.0. The summed E-state index contributed by atoms with van der Waals surface area (Å²) in [7, 11) is 0. The monoisotopic (exact) mass is 787 g/mol. The van der Waals surface area contributed by atoms with Crippen molar-refractivity contribution in [1.29, 1.82) is 5.26 Å². The lowest BCUT2D eigenvalue weighted by Crippen LogP contribution is -2.43. The predicted molar refractivity (Wildman–Crippen MR) is 194 cm³/mol. The highest BCUT2D eigenvalue weighted by Crippen LogP contribution is 2.48. The van der Waals surface area contributed by atoms with Gasteiger partial charge in [0.15, 0.2) is 5.82 Å². The first-order chi connectivity index (χ1) is 26.3. The predicted octanol–water partition coefficient (Wildman–Crippen LogP) is 7.07. The molecule has 55 heavy (non-hydrogen) atoms. The van der Waals surface area contributed by atoms with Crippen LogP contribution in [0.15, 0.2) is 18.2 Å². The van der Waals surface area contributed by atoms with E-state index in [2.05, 4.69) is 9.97 Å². The second kappa shape index (κ2) is 14.3. The average molecular weight is 788 g/mol. The molecule has 3 atom stereocenters. The summed E-state index contributed by atoms with van der Waals surface area (Å²) in [6.45, 7) is 4.63. The van der Waals surface area contributed by atoms with Crippen LogP contribution in [0.5, 0.6) is 6.01 Å². The molecule has 2 aromatic heterocycles. The van der Waals surface area contributed by atoms with Gasteiger partial charge in [0, 0.05) is 74.1 Å². The molecule has 1 amide bonds. The van der Waals surface area contributed by atoms with E-state index in [-0.39, 0.29) is 94.0 Å². The smallest absolute Gasteiger partial charge is 0.417 e. The fraction of sp³-hybridized carbons (Fsp3) is 0.526. The largest absolute Gasteiger partial charge is 0.461 e. The van der Waals surface area contributed by atoms with E-state index < -0.39 is 46.2 Å². The number of likely N-dealkylation sites (N-methyl/N-ethyl adjacent to an activating group) is 1. The lowest BCUT2D eigenvalue weighted by Gasteiger charge is -2.32. The summed E-state index contributed by atoms with van der Waals surface area (Å²) < 4.78 is 104. The first-order valence-corrected chi connectivity index (χ1v) is 19.3. The number of rotatable bonds is 8. The van der Waals surface area contributed by atoms with Gasteiger partial charge < -0.3 is 25.0 Å². The number of nitrogens with two attached hydrogens (primary N) is 1. The quantitative estimate of drug-likeness (QED) is 0.187. The van der Waals surface area contributed by atoms with Gasteiger partial charge in [-0.15, -0.1) is 11.3 Å². The lowest BCUT2D eigenvalue weighted by molar-refractivity contribution is -0.138. The van der Waals surface area contributed by atoms with Crippen LogP contribution in [0, 0.1) is 28.9 Å². The summed E-state index contributed by atoms with van der Waals surface area (Å²) in [4.78, 5) is 28.0. The molecule has 0 radical (unpaired) electrons. The number of fused-ring (bicyclic) bond motifs is 3. The standard InChI is InChI=1S/C38H39F6N7O3S/c1-2-51(22-6-11-49(18-22)35(52)20-7-12-53-13-8-20)34-24-14-26(38(42,43)44)29(23-4-5-27(40)32-28(23)25(16-45)33(46)55-32)30(41)31(24)47-36(48-34)54-19-37-9-3-10-50(37)17-21(39)15-37/h4-5,14,20-22H,2-3,6-13,15,17-19,46H2,1H3/t21-,22+,37+/m1/s1. The van der Waals surface area contributed by atoms with Crippen molar-refractivity contribution in [3.8, 4) is 23.2 Å². The SMILES string of the molecule is CCN(c1nc(OC[C@@]23CCCN2C[C@H](F)C3)nc2c(F)c(-c3ccc(F)c4sc(N)c(C#N)c34)c(C(F)(F)F)cc12)[C@H]1CCN(C(=O)C2CCOCC2)C1. The molecule has 0 saturated carbocycles. The maximum Gasteiger partial charge on any atom is 0.417 e. The van der Waals surface area contributed by atoms with Crippen LogP contribution in [0.2, 0.25) is 0 Å². The van der Waals surface area contributed by atoms with Gasteiger partial charge in [-0.25, -0.2) is 13.2 Å². The van der Waals surface area contributed by atoms with Crippen molar-refractivity contribution < 1.29 is 40.6 Å². The van der Waals surface area contributed by atoms with E-state index in [1.165, 1.54) is 0 Å². The Hall–Kier alpha value is -4.40. The molecule has 0 bridgehead atoms. The number of carbonyl (C=O) groups is 1. The molecular formula is C38H39F6N7O3S. The number of hydrogen-bond donors (Lipinski definition) is 1. The molecule has 17 heteroatoms. The van der Waals surface area contributed by atoms with Crippen molar-refractivity contribution in [2.24, 2.45) is 5.92 Å². The average Bonchev–Trinajstić information content (AvgIpc) is 3.94. The Labute approximate surface area is 316 Å². The number of alkyl halides is 4. The van der Waals surface area contributed by atoms with E-state index >= 15 is 22.0 Å². The third-order valence-corrected chi connectivity index (χ3v) is 12.8. The first-order valence-electron chi connectivity index (χ1n) is 18.5. The van der Waals surface area contributed by atoms with Gasteiger partial charge in [-0.2, -0.15) is 28.4 Å². The van der Waals surface area contributed by atoms with Gasteiger partial charge in [0.25, 0.3) is 0 Å². The topological polar surface area (TPSA) is 121 Å². The van der Waals surface area contributed by atoms with Crippen molar-refractivity contribution in [2.45, 2.75) is 69.4 Å². The molecular weight excluding hydrogens is 749 g/mol. The molecule has 4 fully saturated rings. The van der Waals surface area contributed by atoms with E-state index in [4.69, 9.17) is 15.2 Å². The normalized spacial score (nSPS) is 23.5. The molecule has 4 saturated heterocycles. The Morgan fingerprint density at radius 2 is 1.96 bits per heavy atom. The van der Waals surface area contributed by atoms with Crippen molar-refractivity contribution >= 4 is 49.1 Å². The minimum Gasteiger partial charge on any atom is -0.461 e. The van der Waals surface area contributed by atoms with Gasteiger partial charge in [0.05, 0.1) is 21.4 Å². The summed E-state index contributed by atoms with van der Waals surface area (Å²) in [6.07, 6.45) is -2.77. The number of ether oxygens (including phenoxy) is 2. The van der Waals surface area contributed by atoms with Crippen molar-refractivity contribution in [2.75, 3.05) is 63.2 Å². The fourth-order valence-corrected chi connectivity index (χ4v) is 10.0. The number of thiophene rings is 1. The van der Waals surface area contributed by atoms with E-state index in [0.717, 1.165) is 24.6 Å². The van der Waals surface area contributed by atoms with Crippen LogP contribution in [-0.4, -0.2) is 96.0 Å². The van der Waals surface area contributed by atoms with Crippen LogP contribution < -0.4 is 15.4 Å².